The van der Waals surface area contributed by atoms with Crippen molar-refractivity contribution in [2.75, 3.05) is 26.3 Å². The fourth-order valence-corrected chi connectivity index (χ4v) is 1.56. The summed E-state index contributed by atoms with van der Waals surface area (Å²) in [6.45, 7) is 3.43. The Kier molecular flexibility index (Phi) is 2.61. The van der Waals surface area contributed by atoms with Crippen LogP contribution >= 0.6 is 11.6 Å². The quantitative estimate of drug-likeness (QED) is 0.601. The molecule has 0 aromatic rings. The Labute approximate surface area is 82.1 Å². The zero-order valence-corrected chi connectivity index (χ0v) is 7.97. The Morgan fingerprint density at radius 1 is 1.38 bits per heavy atom. The van der Waals surface area contributed by atoms with Crippen LogP contribution < -0.4 is 10.9 Å². The lowest BCUT2D eigenvalue weighted by molar-refractivity contribution is 0.0549. The van der Waals surface area contributed by atoms with Gasteiger partial charge in [-0.2, -0.15) is 0 Å². The van der Waals surface area contributed by atoms with E-state index in [1.807, 2.05) is 12.3 Å². The van der Waals surface area contributed by atoms with Crippen molar-refractivity contribution in [3.05, 3.63) is 23.1 Å². The minimum absolute atomic E-state index is 0.615. The van der Waals surface area contributed by atoms with Crippen LogP contribution in [0.1, 0.15) is 0 Å². The topological polar surface area (TPSA) is 36.5 Å². The molecule has 2 rings (SSSR count). The average Bonchev–Trinajstić information content (AvgIpc) is 2.19. The summed E-state index contributed by atoms with van der Waals surface area (Å²) < 4.78 is 5.26. The molecule has 2 aliphatic rings. The van der Waals surface area contributed by atoms with Gasteiger partial charge in [-0.1, -0.05) is 11.6 Å². The number of morpholine rings is 1. The molecule has 0 aromatic carbocycles. The lowest BCUT2D eigenvalue weighted by atomic mass is 10.3. The first-order valence-electron chi connectivity index (χ1n) is 4.28. The van der Waals surface area contributed by atoms with Crippen LogP contribution in [0.2, 0.25) is 0 Å². The van der Waals surface area contributed by atoms with Gasteiger partial charge in [0.1, 0.15) is 5.16 Å². The molecular weight excluding hydrogens is 190 g/mol. The number of halogens is 1. The first-order valence-corrected chi connectivity index (χ1v) is 4.66. The van der Waals surface area contributed by atoms with Crippen LogP contribution in [0.25, 0.3) is 0 Å². The Morgan fingerprint density at radius 2 is 2.15 bits per heavy atom. The smallest absolute Gasteiger partial charge is 0.122 e. The highest BCUT2D eigenvalue weighted by Gasteiger charge is 2.13. The normalized spacial score (nSPS) is 22.7. The number of hydrogen-bond acceptors (Lipinski definition) is 4. The molecule has 2 aliphatic heterocycles. The summed E-state index contributed by atoms with van der Waals surface area (Å²) in [5.41, 5.74) is 6.78. The molecule has 2 heterocycles. The van der Waals surface area contributed by atoms with E-state index in [9.17, 15) is 0 Å². The predicted octanol–water partition coefficient (Wildman–Crippen LogP) is 0.348. The molecule has 0 unspecified atom stereocenters. The van der Waals surface area contributed by atoms with Gasteiger partial charge >= 0.3 is 0 Å². The largest absolute Gasteiger partial charge is 0.378 e. The van der Waals surface area contributed by atoms with Crippen LogP contribution in [-0.2, 0) is 4.74 Å². The van der Waals surface area contributed by atoms with E-state index in [0.717, 1.165) is 32.0 Å². The van der Waals surface area contributed by atoms with Crippen LogP contribution in [-0.4, -0.2) is 31.2 Å². The Balaban J connectivity index is 2.02. The number of hydrogen-bond donors (Lipinski definition) is 2. The highest BCUT2D eigenvalue weighted by Crippen LogP contribution is 2.13. The molecule has 0 atom stereocenters. The lowest BCUT2D eigenvalue weighted by Gasteiger charge is -2.31. The summed E-state index contributed by atoms with van der Waals surface area (Å²) >= 11 is 5.82. The maximum atomic E-state index is 5.82. The highest BCUT2D eigenvalue weighted by molar-refractivity contribution is 6.29. The summed E-state index contributed by atoms with van der Waals surface area (Å²) in [6.07, 6.45) is 3.81. The number of rotatable bonds is 1. The minimum atomic E-state index is 0.615. The Bertz CT molecular complexity index is 246. The van der Waals surface area contributed by atoms with Crippen LogP contribution in [0.4, 0.5) is 0 Å². The van der Waals surface area contributed by atoms with Crippen LogP contribution in [0.3, 0.4) is 0 Å². The Morgan fingerprint density at radius 3 is 2.85 bits per heavy atom. The van der Waals surface area contributed by atoms with E-state index in [2.05, 4.69) is 15.8 Å². The van der Waals surface area contributed by atoms with E-state index in [0.29, 0.717) is 5.16 Å². The fourth-order valence-electron chi connectivity index (χ4n) is 1.39. The zero-order chi connectivity index (χ0) is 9.10. The molecule has 0 bridgehead atoms. The molecule has 0 radical (unpaired) electrons. The molecule has 72 valence electrons. The summed E-state index contributed by atoms with van der Waals surface area (Å²) in [4.78, 5) is 2.24. The minimum Gasteiger partial charge on any atom is -0.378 e. The number of nitrogens with one attached hydrogen (secondary N) is 2. The molecule has 2 N–H and O–H groups in total. The maximum absolute atomic E-state index is 5.82. The van der Waals surface area contributed by atoms with Gasteiger partial charge in [0.2, 0.25) is 0 Å². The van der Waals surface area contributed by atoms with Crippen molar-refractivity contribution in [1.82, 2.24) is 15.8 Å². The van der Waals surface area contributed by atoms with Crippen molar-refractivity contribution in [2.45, 2.75) is 0 Å². The SMILES string of the molecule is ClC1=CC(N2CCOCC2)=CNN1. The van der Waals surface area contributed by atoms with E-state index < -0.39 is 0 Å². The van der Waals surface area contributed by atoms with Crippen molar-refractivity contribution in [2.24, 2.45) is 0 Å². The lowest BCUT2D eigenvalue weighted by Crippen LogP contribution is -2.38. The highest BCUT2D eigenvalue weighted by atomic mass is 35.5. The van der Waals surface area contributed by atoms with Gasteiger partial charge < -0.3 is 15.1 Å². The molecular formula is C8H12ClN3O. The van der Waals surface area contributed by atoms with E-state index in [-0.39, 0.29) is 0 Å². The monoisotopic (exact) mass is 201 g/mol. The van der Waals surface area contributed by atoms with Gasteiger partial charge in [-0.15, -0.1) is 0 Å². The van der Waals surface area contributed by atoms with Crippen molar-refractivity contribution in [3.8, 4) is 0 Å². The van der Waals surface area contributed by atoms with Crippen LogP contribution in [0.5, 0.6) is 0 Å². The summed E-state index contributed by atoms with van der Waals surface area (Å²) in [7, 11) is 0. The van der Waals surface area contributed by atoms with Gasteiger partial charge in [0.15, 0.2) is 0 Å². The molecule has 1 fully saturated rings. The summed E-state index contributed by atoms with van der Waals surface area (Å²) in [5.74, 6) is 0. The molecule has 5 heteroatoms. The Hall–Kier alpha value is -0.870. The molecule has 0 aliphatic carbocycles. The predicted molar refractivity (Wildman–Crippen MR) is 50.7 cm³/mol. The number of nitrogens with zero attached hydrogens (tertiary/aromatic N) is 1. The summed E-state index contributed by atoms with van der Waals surface area (Å²) in [6, 6.07) is 0. The fraction of sp³-hybridized carbons (Fsp3) is 0.500. The van der Waals surface area contributed by atoms with E-state index in [4.69, 9.17) is 16.3 Å². The average molecular weight is 202 g/mol. The third kappa shape index (κ3) is 2.08. The molecule has 0 saturated carbocycles. The van der Waals surface area contributed by atoms with Crippen molar-refractivity contribution in [1.29, 1.82) is 0 Å². The van der Waals surface area contributed by atoms with Gasteiger partial charge in [-0.05, 0) is 6.08 Å². The third-order valence-electron chi connectivity index (χ3n) is 2.06. The van der Waals surface area contributed by atoms with E-state index >= 15 is 0 Å². The van der Waals surface area contributed by atoms with Gasteiger partial charge in [-0.25, -0.2) is 0 Å². The van der Waals surface area contributed by atoms with E-state index in [1.165, 1.54) is 0 Å². The maximum Gasteiger partial charge on any atom is 0.122 e. The molecule has 13 heavy (non-hydrogen) atoms. The molecule has 0 amide bonds. The van der Waals surface area contributed by atoms with Crippen molar-refractivity contribution >= 4 is 11.6 Å². The molecule has 4 nitrogen and oxygen atoms in total. The zero-order valence-electron chi connectivity index (χ0n) is 7.22. The van der Waals surface area contributed by atoms with Gasteiger partial charge in [0, 0.05) is 19.3 Å². The number of hydrazine groups is 1. The van der Waals surface area contributed by atoms with Gasteiger partial charge in [-0.3, -0.25) is 5.43 Å². The second-order valence-corrected chi connectivity index (χ2v) is 3.34. The van der Waals surface area contributed by atoms with Gasteiger partial charge in [0.25, 0.3) is 0 Å². The number of allylic oxidation sites excluding steroid dienone is 1. The second-order valence-electron chi connectivity index (χ2n) is 2.93. The summed E-state index contributed by atoms with van der Waals surface area (Å²) in [5, 5.41) is 0.615. The van der Waals surface area contributed by atoms with Crippen molar-refractivity contribution < 1.29 is 4.74 Å². The van der Waals surface area contributed by atoms with Crippen LogP contribution in [0, 0.1) is 0 Å². The first kappa shape index (κ1) is 8.72. The first-order chi connectivity index (χ1) is 6.36. The second kappa shape index (κ2) is 3.89. The number of ether oxygens (including phenoxy) is 1. The van der Waals surface area contributed by atoms with E-state index in [1.54, 1.807) is 0 Å². The molecule has 0 spiro atoms. The van der Waals surface area contributed by atoms with Crippen molar-refractivity contribution in [3.63, 3.8) is 0 Å². The molecule has 0 aromatic heterocycles. The van der Waals surface area contributed by atoms with Gasteiger partial charge in [0.05, 0.1) is 18.9 Å². The molecule has 1 saturated heterocycles. The third-order valence-corrected chi connectivity index (χ3v) is 2.27. The standard InChI is InChI=1S/C8H12ClN3O/c9-8-5-7(6-10-11-8)12-1-3-13-4-2-12/h5-6,10-11H,1-4H2. The van der Waals surface area contributed by atoms with Crippen LogP contribution in [0.15, 0.2) is 23.1 Å².